The lowest BCUT2D eigenvalue weighted by atomic mass is 10.2. The van der Waals surface area contributed by atoms with E-state index in [-0.39, 0.29) is 17.3 Å². The fraction of sp³-hybridized carbons (Fsp3) is 0.200. The van der Waals surface area contributed by atoms with Crippen LogP contribution in [0.2, 0.25) is 5.02 Å². The molecule has 0 aliphatic carbocycles. The molecule has 122 valence electrons. The fourth-order valence-corrected chi connectivity index (χ4v) is 2.75. The van der Waals surface area contributed by atoms with Crippen LogP contribution in [0.4, 0.5) is 18.9 Å². The van der Waals surface area contributed by atoms with Gasteiger partial charge in [-0.1, -0.05) is 17.7 Å². The molecular formula is C15H12ClF3N2OS. The molecule has 1 aromatic carbocycles. The molecule has 1 amide bonds. The zero-order chi connectivity index (χ0) is 16.9. The van der Waals surface area contributed by atoms with Crippen LogP contribution in [0.1, 0.15) is 11.1 Å². The van der Waals surface area contributed by atoms with Crippen molar-refractivity contribution >= 4 is 35.0 Å². The number of alkyl halides is 3. The molecule has 0 fully saturated rings. The van der Waals surface area contributed by atoms with E-state index in [1.165, 1.54) is 17.8 Å². The van der Waals surface area contributed by atoms with Crippen molar-refractivity contribution in [2.75, 3.05) is 11.1 Å². The number of nitrogens with one attached hydrogen (secondary N) is 1. The minimum absolute atomic E-state index is 0.0636. The molecule has 0 atom stereocenters. The third-order valence-electron chi connectivity index (χ3n) is 2.78. The topological polar surface area (TPSA) is 42.0 Å². The first-order chi connectivity index (χ1) is 10.9. The Balaban J connectivity index is 1.90. The molecule has 0 spiro atoms. The lowest BCUT2D eigenvalue weighted by Crippen LogP contribution is -2.15. The molecular weight excluding hydrogens is 349 g/mol. The second kappa shape index (κ2) is 7.70. The highest BCUT2D eigenvalue weighted by Crippen LogP contribution is 2.36. The summed E-state index contributed by atoms with van der Waals surface area (Å²) < 4.78 is 38.2. The molecule has 0 saturated carbocycles. The van der Waals surface area contributed by atoms with Gasteiger partial charge in [0.05, 0.1) is 16.3 Å². The number of nitrogens with zero attached hydrogens (tertiary/aromatic N) is 1. The van der Waals surface area contributed by atoms with Gasteiger partial charge in [-0.2, -0.15) is 13.2 Å². The predicted octanol–water partition coefficient (Wildman–Crippen LogP) is 4.63. The molecule has 23 heavy (non-hydrogen) atoms. The van der Waals surface area contributed by atoms with Crippen molar-refractivity contribution in [2.24, 2.45) is 0 Å². The second-order valence-corrected chi connectivity index (χ2v) is 5.99. The average Bonchev–Trinajstić information content (AvgIpc) is 2.49. The summed E-state index contributed by atoms with van der Waals surface area (Å²) >= 11 is 6.87. The Morgan fingerprint density at radius 1 is 1.30 bits per heavy atom. The number of carbonyl (C=O) groups is 1. The Morgan fingerprint density at radius 2 is 2.09 bits per heavy atom. The molecule has 0 unspecified atom stereocenters. The van der Waals surface area contributed by atoms with Crippen molar-refractivity contribution in [2.45, 2.75) is 11.9 Å². The van der Waals surface area contributed by atoms with Crippen molar-refractivity contribution in [1.82, 2.24) is 4.98 Å². The van der Waals surface area contributed by atoms with Gasteiger partial charge in [0.25, 0.3) is 0 Å². The lowest BCUT2D eigenvalue weighted by Gasteiger charge is -2.11. The Kier molecular flexibility index (Phi) is 5.90. The normalized spacial score (nSPS) is 11.3. The fourth-order valence-electron chi connectivity index (χ4n) is 1.76. The maximum absolute atomic E-state index is 12.7. The molecule has 0 radical (unpaired) electrons. The Hall–Kier alpha value is -1.73. The van der Waals surface area contributed by atoms with Crippen molar-refractivity contribution in [3.8, 4) is 0 Å². The Labute approximate surface area is 140 Å². The Morgan fingerprint density at radius 3 is 2.74 bits per heavy atom. The zero-order valence-corrected chi connectivity index (χ0v) is 13.3. The molecule has 1 heterocycles. The average molecular weight is 361 g/mol. The van der Waals surface area contributed by atoms with Crippen molar-refractivity contribution < 1.29 is 18.0 Å². The van der Waals surface area contributed by atoms with Gasteiger partial charge in [0, 0.05) is 23.8 Å². The van der Waals surface area contributed by atoms with Crippen LogP contribution in [0.25, 0.3) is 0 Å². The first kappa shape index (κ1) is 17.6. The van der Waals surface area contributed by atoms with Crippen molar-refractivity contribution in [3.63, 3.8) is 0 Å². The van der Waals surface area contributed by atoms with Gasteiger partial charge in [-0.15, -0.1) is 11.8 Å². The molecule has 8 heteroatoms. The molecule has 1 aromatic heterocycles. The number of hydrogen-bond donors (Lipinski definition) is 1. The van der Waals surface area contributed by atoms with E-state index in [1.807, 2.05) is 6.07 Å². The van der Waals surface area contributed by atoms with E-state index in [2.05, 4.69) is 10.3 Å². The monoisotopic (exact) mass is 360 g/mol. The minimum atomic E-state index is -4.56. The Bertz CT molecular complexity index is 680. The van der Waals surface area contributed by atoms with Crippen LogP contribution < -0.4 is 5.32 Å². The number of halogens is 4. The number of carbonyl (C=O) groups excluding carboxylic acids is 1. The van der Waals surface area contributed by atoms with Crippen LogP contribution in [0.15, 0.2) is 42.7 Å². The van der Waals surface area contributed by atoms with E-state index in [0.29, 0.717) is 5.75 Å². The van der Waals surface area contributed by atoms with E-state index >= 15 is 0 Å². The number of hydrogen-bond acceptors (Lipinski definition) is 3. The zero-order valence-electron chi connectivity index (χ0n) is 11.7. The molecule has 1 N–H and O–H groups in total. The van der Waals surface area contributed by atoms with Gasteiger partial charge in [0.2, 0.25) is 5.91 Å². The quantitative estimate of drug-likeness (QED) is 0.845. The predicted molar refractivity (Wildman–Crippen MR) is 85.5 cm³/mol. The summed E-state index contributed by atoms with van der Waals surface area (Å²) in [6.07, 6.45) is -1.22. The number of thioether (sulfide) groups is 1. The van der Waals surface area contributed by atoms with Gasteiger partial charge in [0.1, 0.15) is 0 Å². The van der Waals surface area contributed by atoms with Crippen LogP contribution in [0.5, 0.6) is 0 Å². The van der Waals surface area contributed by atoms with Crippen molar-refractivity contribution in [3.05, 3.63) is 58.9 Å². The summed E-state index contributed by atoms with van der Waals surface area (Å²) in [5.41, 5.74) is 0.0600. The van der Waals surface area contributed by atoms with E-state index < -0.39 is 16.8 Å². The molecule has 0 bridgehead atoms. The summed E-state index contributed by atoms with van der Waals surface area (Å²) in [7, 11) is 0. The van der Waals surface area contributed by atoms with Crippen LogP contribution in [-0.4, -0.2) is 16.6 Å². The van der Waals surface area contributed by atoms with Crippen molar-refractivity contribution in [1.29, 1.82) is 0 Å². The van der Waals surface area contributed by atoms with E-state index in [9.17, 15) is 18.0 Å². The first-order valence-corrected chi connectivity index (χ1v) is 8.03. The number of pyridine rings is 1. The summed E-state index contributed by atoms with van der Waals surface area (Å²) in [5.74, 6) is 0.337. The minimum Gasteiger partial charge on any atom is -0.325 e. The summed E-state index contributed by atoms with van der Waals surface area (Å²) in [5, 5.41) is 2.03. The van der Waals surface area contributed by atoms with E-state index in [0.717, 1.165) is 17.7 Å². The number of rotatable bonds is 5. The number of benzene rings is 1. The molecule has 2 rings (SSSR count). The third kappa shape index (κ3) is 5.44. The van der Waals surface area contributed by atoms with Gasteiger partial charge in [-0.25, -0.2) is 0 Å². The maximum Gasteiger partial charge on any atom is 0.417 e. The number of anilines is 1. The van der Waals surface area contributed by atoms with Gasteiger partial charge in [-0.05, 0) is 29.8 Å². The standard InChI is InChI=1S/C15H12ClF3N2OS/c16-13-4-3-11(6-12(13)15(17,18)19)21-14(22)9-23-8-10-2-1-5-20-7-10/h1-7H,8-9H2,(H,21,22). The van der Waals surface area contributed by atoms with Crippen LogP contribution >= 0.6 is 23.4 Å². The summed E-state index contributed by atoms with van der Waals surface area (Å²) in [6.45, 7) is 0. The smallest absolute Gasteiger partial charge is 0.325 e. The molecule has 0 aliphatic rings. The highest BCUT2D eigenvalue weighted by atomic mass is 35.5. The van der Waals surface area contributed by atoms with Crippen LogP contribution in [-0.2, 0) is 16.7 Å². The second-order valence-electron chi connectivity index (χ2n) is 4.59. The first-order valence-electron chi connectivity index (χ1n) is 6.49. The largest absolute Gasteiger partial charge is 0.417 e. The van der Waals surface area contributed by atoms with Crippen LogP contribution in [0, 0.1) is 0 Å². The summed E-state index contributed by atoms with van der Waals surface area (Å²) in [4.78, 5) is 15.7. The number of amides is 1. The molecule has 0 aliphatic heterocycles. The van der Waals surface area contributed by atoms with E-state index in [4.69, 9.17) is 11.6 Å². The highest BCUT2D eigenvalue weighted by Gasteiger charge is 2.33. The van der Waals surface area contributed by atoms with Gasteiger partial charge in [0.15, 0.2) is 0 Å². The van der Waals surface area contributed by atoms with Gasteiger partial charge < -0.3 is 5.32 Å². The van der Waals surface area contributed by atoms with Crippen LogP contribution in [0.3, 0.4) is 0 Å². The summed E-state index contributed by atoms with van der Waals surface area (Å²) in [6, 6.07) is 6.95. The molecule has 2 aromatic rings. The third-order valence-corrected chi connectivity index (χ3v) is 4.11. The highest BCUT2D eigenvalue weighted by molar-refractivity contribution is 7.99. The van der Waals surface area contributed by atoms with Gasteiger partial charge >= 0.3 is 6.18 Å². The van der Waals surface area contributed by atoms with E-state index in [1.54, 1.807) is 18.5 Å². The van der Waals surface area contributed by atoms with Gasteiger partial charge in [-0.3, -0.25) is 9.78 Å². The molecule has 3 nitrogen and oxygen atoms in total. The lowest BCUT2D eigenvalue weighted by molar-refractivity contribution is -0.137. The number of aromatic nitrogens is 1. The SMILES string of the molecule is O=C(CSCc1cccnc1)Nc1ccc(Cl)c(C(F)(F)F)c1. The molecule has 0 saturated heterocycles. The maximum atomic E-state index is 12.7.